The minimum atomic E-state index is 0.152. The Morgan fingerprint density at radius 1 is 0.600 bits per heavy atom. The molecule has 0 saturated carbocycles. The molecule has 2 nitrogen and oxygen atoms in total. The van der Waals surface area contributed by atoms with Crippen LogP contribution in [-0.4, -0.2) is 12.2 Å². The predicted molar refractivity (Wildman–Crippen MR) is 126 cm³/mol. The Balaban J connectivity index is 2.08. The van der Waals surface area contributed by atoms with E-state index in [0.717, 1.165) is 24.3 Å². The fraction of sp³-hybridized carbons (Fsp3) is 0.571. The molecule has 0 saturated heterocycles. The Morgan fingerprint density at radius 2 is 0.967 bits per heavy atom. The van der Waals surface area contributed by atoms with Crippen LogP contribution < -0.4 is 9.47 Å². The van der Waals surface area contributed by atoms with E-state index in [-0.39, 0.29) is 12.2 Å². The van der Waals surface area contributed by atoms with Gasteiger partial charge in [-0.1, -0.05) is 12.1 Å². The molecule has 0 bridgehead atoms. The van der Waals surface area contributed by atoms with Crippen molar-refractivity contribution in [1.82, 2.24) is 0 Å². The monoisotopic (exact) mass is 406 g/mol. The van der Waals surface area contributed by atoms with Gasteiger partial charge in [0.15, 0.2) is 0 Å². The zero-order chi connectivity index (χ0) is 21.4. The smallest absolute Gasteiger partial charge is 0.130 e. The molecule has 0 aromatic heterocycles. The van der Waals surface area contributed by atoms with Crippen molar-refractivity contribution in [2.75, 3.05) is 0 Å². The molecular weight excluding hydrogens is 368 g/mol. The molecule has 0 unspecified atom stereocenters. The molecule has 0 amide bonds. The molecule has 162 valence electrons. The van der Waals surface area contributed by atoms with E-state index in [9.17, 15) is 0 Å². The second-order valence-corrected chi connectivity index (χ2v) is 9.82. The zero-order valence-electron chi connectivity index (χ0n) is 19.8. The second kappa shape index (κ2) is 8.65. The van der Waals surface area contributed by atoms with Crippen molar-refractivity contribution in [1.29, 1.82) is 0 Å². The number of benzene rings is 2. The summed E-state index contributed by atoms with van der Waals surface area (Å²) in [6.07, 6.45) is 10.1. The molecule has 4 rings (SSSR count). The third-order valence-corrected chi connectivity index (χ3v) is 6.53. The maximum absolute atomic E-state index is 6.53. The Kier molecular flexibility index (Phi) is 6.14. The Hall–Kier alpha value is -1.96. The molecule has 0 spiro atoms. The van der Waals surface area contributed by atoms with Crippen LogP contribution in [0.5, 0.6) is 11.5 Å². The van der Waals surface area contributed by atoms with Crippen LogP contribution in [0.15, 0.2) is 12.1 Å². The summed E-state index contributed by atoms with van der Waals surface area (Å²) in [7, 11) is 0. The average molecular weight is 407 g/mol. The predicted octanol–water partition coefficient (Wildman–Crippen LogP) is 7.30. The van der Waals surface area contributed by atoms with Crippen molar-refractivity contribution >= 4 is 0 Å². The van der Waals surface area contributed by atoms with Crippen molar-refractivity contribution in [3.05, 3.63) is 45.5 Å². The molecule has 2 aromatic rings. The second-order valence-electron chi connectivity index (χ2n) is 9.82. The van der Waals surface area contributed by atoms with Gasteiger partial charge < -0.3 is 9.47 Å². The van der Waals surface area contributed by atoms with Crippen LogP contribution in [-0.2, 0) is 25.7 Å². The minimum absolute atomic E-state index is 0.152. The van der Waals surface area contributed by atoms with Crippen molar-refractivity contribution in [2.45, 2.75) is 105 Å². The molecule has 2 aromatic carbocycles. The first-order valence-corrected chi connectivity index (χ1v) is 12.0. The van der Waals surface area contributed by atoms with Crippen LogP contribution in [0.1, 0.15) is 86.8 Å². The van der Waals surface area contributed by atoms with Gasteiger partial charge in [0.25, 0.3) is 0 Å². The highest BCUT2D eigenvalue weighted by molar-refractivity contribution is 5.86. The van der Waals surface area contributed by atoms with Gasteiger partial charge in [0.2, 0.25) is 0 Å². The number of hydrogen-bond acceptors (Lipinski definition) is 2. The fourth-order valence-corrected chi connectivity index (χ4v) is 5.37. The number of rotatable bonds is 5. The topological polar surface area (TPSA) is 18.5 Å². The minimum Gasteiger partial charge on any atom is -0.490 e. The lowest BCUT2D eigenvalue weighted by atomic mass is 9.78. The van der Waals surface area contributed by atoms with Crippen LogP contribution in [0.4, 0.5) is 0 Å². The number of ether oxygens (including phenoxy) is 2. The third-order valence-electron chi connectivity index (χ3n) is 6.53. The molecule has 30 heavy (non-hydrogen) atoms. The lowest BCUT2D eigenvalue weighted by Crippen LogP contribution is -2.16. The first-order valence-electron chi connectivity index (χ1n) is 12.0. The van der Waals surface area contributed by atoms with Crippen LogP contribution >= 0.6 is 0 Å². The summed E-state index contributed by atoms with van der Waals surface area (Å²) in [6.45, 7) is 13.0. The summed E-state index contributed by atoms with van der Waals surface area (Å²) in [6, 6.07) is 4.78. The summed E-state index contributed by atoms with van der Waals surface area (Å²) in [5.41, 5.74) is 11.3. The molecule has 0 fully saturated rings. The summed E-state index contributed by atoms with van der Waals surface area (Å²) in [5, 5.41) is 0. The molecule has 2 aliphatic rings. The van der Waals surface area contributed by atoms with Gasteiger partial charge in [-0.3, -0.25) is 0 Å². The van der Waals surface area contributed by atoms with Crippen molar-refractivity contribution in [3.63, 3.8) is 0 Å². The standard InChI is InChI=1S/C28H38O2/c1-17(2)29-27-19(5)15-21-11-7-9-13-23(21)25(27)26-24-14-10-8-12-22(24)16-20(6)28(26)30-18(3)4/h15-18H,7-14H2,1-6H3. The normalized spacial score (nSPS) is 15.9. The van der Waals surface area contributed by atoms with Crippen LogP contribution in [0.2, 0.25) is 0 Å². The van der Waals surface area contributed by atoms with E-state index in [0.29, 0.717) is 0 Å². The van der Waals surface area contributed by atoms with E-state index in [4.69, 9.17) is 9.47 Å². The van der Waals surface area contributed by atoms with E-state index >= 15 is 0 Å². The lowest BCUT2D eigenvalue weighted by Gasteiger charge is -2.31. The quantitative estimate of drug-likeness (QED) is 0.518. The van der Waals surface area contributed by atoms with E-state index in [1.165, 1.54) is 83.0 Å². The van der Waals surface area contributed by atoms with Gasteiger partial charge in [-0.2, -0.15) is 0 Å². The number of fused-ring (bicyclic) bond motifs is 2. The molecular formula is C28H38O2. The van der Waals surface area contributed by atoms with Gasteiger partial charge in [0.1, 0.15) is 11.5 Å². The van der Waals surface area contributed by atoms with Gasteiger partial charge >= 0.3 is 0 Å². The third kappa shape index (κ3) is 3.98. The van der Waals surface area contributed by atoms with Gasteiger partial charge in [-0.25, -0.2) is 0 Å². The van der Waals surface area contributed by atoms with Crippen LogP contribution in [0.25, 0.3) is 11.1 Å². The van der Waals surface area contributed by atoms with Gasteiger partial charge in [0.05, 0.1) is 12.2 Å². The van der Waals surface area contributed by atoms with E-state index in [1.807, 2.05) is 0 Å². The molecule has 0 radical (unpaired) electrons. The molecule has 0 N–H and O–H groups in total. The van der Waals surface area contributed by atoms with Crippen molar-refractivity contribution in [2.24, 2.45) is 0 Å². The molecule has 0 aliphatic heterocycles. The summed E-state index contributed by atoms with van der Waals surface area (Å²) >= 11 is 0. The highest BCUT2D eigenvalue weighted by atomic mass is 16.5. The SMILES string of the molecule is Cc1cc2c(c(-c3c4c(cc(C)c3OC(C)C)CCCC4)c1OC(C)C)CCCC2. The number of aryl methyl sites for hydroxylation is 4. The van der Waals surface area contributed by atoms with Gasteiger partial charge in [-0.05, 0) is 126 Å². The number of hydrogen-bond donors (Lipinski definition) is 0. The van der Waals surface area contributed by atoms with Crippen LogP contribution in [0, 0.1) is 13.8 Å². The van der Waals surface area contributed by atoms with Crippen LogP contribution in [0.3, 0.4) is 0 Å². The molecule has 0 heterocycles. The maximum atomic E-state index is 6.53. The Bertz CT molecular complexity index is 859. The summed E-state index contributed by atoms with van der Waals surface area (Å²) in [4.78, 5) is 0. The first-order chi connectivity index (χ1) is 14.4. The molecule has 0 atom stereocenters. The average Bonchev–Trinajstić information content (AvgIpc) is 2.69. The van der Waals surface area contributed by atoms with Crippen molar-refractivity contribution in [3.8, 4) is 22.6 Å². The van der Waals surface area contributed by atoms with E-state index in [1.54, 1.807) is 0 Å². The van der Waals surface area contributed by atoms with E-state index in [2.05, 4.69) is 53.7 Å². The zero-order valence-corrected chi connectivity index (χ0v) is 19.8. The Morgan fingerprint density at radius 3 is 1.33 bits per heavy atom. The fourth-order valence-electron chi connectivity index (χ4n) is 5.37. The Labute approximate surface area is 183 Å². The van der Waals surface area contributed by atoms with Gasteiger partial charge in [0, 0.05) is 11.1 Å². The summed E-state index contributed by atoms with van der Waals surface area (Å²) < 4.78 is 13.1. The maximum Gasteiger partial charge on any atom is 0.130 e. The largest absolute Gasteiger partial charge is 0.490 e. The first kappa shape index (κ1) is 21.3. The highest BCUT2D eigenvalue weighted by Crippen LogP contribution is 2.49. The highest BCUT2D eigenvalue weighted by Gasteiger charge is 2.29. The van der Waals surface area contributed by atoms with Gasteiger partial charge in [-0.15, -0.1) is 0 Å². The molecule has 2 aliphatic carbocycles. The molecule has 2 heteroatoms. The van der Waals surface area contributed by atoms with E-state index < -0.39 is 0 Å². The summed E-state index contributed by atoms with van der Waals surface area (Å²) in [5.74, 6) is 2.16. The lowest BCUT2D eigenvalue weighted by molar-refractivity contribution is 0.237. The van der Waals surface area contributed by atoms with Crippen molar-refractivity contribution < 1.29 is 9.47 Å².